The fraction of sp³-hybridized carbons (Fsp3) is 0.350. The van der Waals surface area contributed by atoms with Gasteiger partial charge in [-0.25, -0.2) is 8.42 Å². The van der Waals surface area contributed by atoms with Crippen LogP contribution in [-0.4, -0.2) is 51.5 Å². The number of ether oxygens (including phenoxy) is 2. The van der Waals surface area contributed by atoms with Crippen LogP contribution >= 0.6 is 11.6 Å². The molecule has 1 amide bonds. The summed E-state index contributed by atoms with van der Waals surface area (Å²) in [6, 6.07) is 9.83. The highest BCUT2D eigenvalue weighted by atomic mass is 35.5. The summed E-state index contributed by atoms with van der Waals surface area (Å²) in [5.74, 6) is 0.143. The normalized spacial score (nSPS) is 15.1. The number of hydrogen-bond acceptors (Lipinski definition) is 5. The van der Waals surface area contributed by atoms with Gasteiger partial charge in [0.25, 0.3) is 5.91 Å². The second-order valence-electron chi connectivity index (χ2n) is 6.74. The number of carbonyl (C=O) groups excluding carboxylic acids is 1. The number of nitrogens with zero attached hydrogens (tertiary/aromatic N) is 1. The number of aryl methyl sites for hydroxylation is 2. The van der Waals surface area contributed by atoms with E-state index in [9.17, 15) is 13.2 Å². The maximum absolute atomic E-state index is 12.8. The number of carbonyl (C=O) groups is 1. The first kappa shape index (κ1) is 21.6. The number of nitrogens with one attached hydrogen (secondary N) is 1. The highest BCUT2D eigenvalue weighted by molar-refractivity contribution is 7.89. The van der Waals surface area contributed by atoms with Crippen molar-refractivity contribution in [3.05, 3.63) is 52.5 Å². The minimum Gasteiger partial charge on any atom is -0.484 e. The van der Waals surface area contributed by atoms with Crippen molar-refractivity contribution < 1.29 is 22.7 Å². The fourth-order valence-corrected chi connectivity index (χ4v) is 4.43. The summed E-state index contributed by atoms with van der Waals surface area (Å²) in [6.45, 7) is 4.80. The molecule has 29 heavy (non-hydrogen) atoms. The van der Waals surface area contributed by atoms with Gasteiger partial charge in [0.05, 0.1) is 18.1 Å². The van der Waals surface area contributed by atoms with Crippen molar-refractivity contribution in [2.24, 2.45) is 0 Å². The van der Waals surface area contributed by atoms with Gasteiger partial charge in [-0.1, -0.05) is 17.7 Å². The van der Waals surface area contributed by atoms with Gasteiger partial charge >= 0.3 is 0 Å². The van der Waals surface area contributed by atoms with E-state index in [0.717, 1.165) is 11.1 Å². The van der Waals surface area contributed by atoms with Crippen molar-refractivity contribution in [1.29, 1.82) is 0 Å². The first-order valence-electron chi connectivity index (χ1n) is 9.15. The standard InChI is InChI=1S/C20H23ClN2O5S/c1-14-3-5-17(29(25,26)23-7-9-27-10-8-23)12-19(14)22-20(24)13-28-16-4-6-18(21)15(2)11-16/h3-6,11-12H,7-10,13H2,1-2H3,(H,22,24). The van der Waals surface area contributed by atoms with Crippen LogP contribution in [0.3, 0.4) is 0 Å². The van der Waals surface area contributed by atoms with Crippen molar-refractivity contribution in [1.82, 2.24) is 4.31 Å². The smallest absolute Gasteiger partial charge is 0.262 e. The van der Waals surface area contributed by atoms with Gasteiger partial charge in [0.15, 0.2) is 6.61 Å². The van der Waals surface area contributed by atoms with E-state index in [-0.39, 0.29) is 17.4 Å². The van der Waals surface area contributed by atoms with E-state index in [1.807, 2.05) is 6.92 Å². The molecule has 0 atom stereocenters. The zero-order valence-electron chi connectivity index (χ0n) is 16.3. The Kier molecular flexibility index (Phi) is 6.79. The van der Waals surface area contributed by atoms with E-state index in [4.69, 9.17) is 21.1 Å². The molecule has 1 N–H and O–H groups in total. The Labute approximate surface area is 175 Å². The predicted molar refractivity (Wildman–Crippen MR) is 111 cm³/mol. The highest BCUT2D eigenvalue weighted by Crippen LogP contribution is 2.24. The van der Waals surface area contributed by atoms with E-state index in [2.05, 4.69) is 5.32 Å². The largest absolute Gasteiger partial charge is 0.484 e. The van der Waals surface area contributed by atoms with E-state index in [1.165, 1.54) is 10.4 Å². The zero-order valence-corrected chi connectivity index (χ0v) is 17.8. The van der Waals surface area contributed by atoms with Crippen LogP contribution in [0.5, 0.6) is 5.75 Å². The Morgan fingerprint density at radius 2 is 1.86 bits per heavy atom. The van der Waals surface area contributed by atoms with E-state index < -0.39 is 10.0 Å². The maximum Gasteiger partial charge on any atom is 0.262 e. The number of sulfonamides is 1. The molecule has 0 spiro atoms. The average molecular weight is 439 g/mol. The summed E-state index contributed by atoms with van der Waals surface area (Å²) in [4.78, 5) is 12.4. The van der Waals surface area contributed by atoms with Gasteiger partial charge in [0.2, 0.25) is 10.0 Å². The highest BCUT2D eigenvalue weighted by Gasteiger charge is 2.26. The molecular formula is C20H23ClN2O5S. The molecule has 1 aliphatic heterocycles. The summed E-state index contributed by atoms with van der Waals surface area (Å²) >= 11 is 5.98. The molecule has 1 saturated heterocycles. The molecule has 1 heterocycles. The minimum atomic E-state index is -3.64. The Bertz CT molecular complexity index is 1000. The van der Waals surface area contributed by atoms with Crippen LogP contribution in [0.25, 0.3) is 0 Å². The van der Waals surface area contributed by atoms with Crippen LogP contribution in [0.4, 0.5) is 5.69 Å². The number of rotatable bonds is 6. The van der Waals surface area contributed by atoms with Crippen LogP contribution in [0.1, 0.15) is 11.1 Å². The van der Waals surface area contributed by atoms with E-state index in [1.54, 1.807) is 37.3 Å². The molecule has 3 rings (SSSR count). The van der Waals surface area contributed by atoms with Gasteiger partial charge in [-0.3, -0.25) is 4.79 Å². The molecule has 1 fully saturated rings. The molecular weight excluding hydrogens is 416 g/mol. The van der Waals surface area contributed by atoms with Crippen LogP contribution in [0.2, 0.25) is 5.02 Å². The lowest BCUT2D eigenvalue weighted by molar-refractivity contribution is -0.118. The molecule has 7 nitrogen and oxygen atoms in total. The summed E-state index contributed by atoms with van der Waals surface area (Å²) in [5.41, 5.74) is 2.03. The number of amides is 1. The maximum atomic E-state index is 12.8. The van der Waals surface area contributed by atoms with Gasteiger partial charge in [-0.2, -0.15) is 4.31 Å². The third kappa shape index (κ3) is 5.27. The van der Waals surface area contributed by atoms with Crippen LogP contribution < -0.4 is 10.1 Å². The molecule has 2 aromatic carbocycles. The molecule has 156 valence electrons. The lowest BCUT2D eigenvalue weighted by Gasteiger charge is -2.26. The number of hydrogen-bond donors (Lipinski definition) is 1. The van der Waals surface area contributed by atoms with E-state index >= 15 is 0 Å². The number of anilines is 1. The molecule has 9 heteroatoms. The number of halogens is 1. The first-order chi connectivity index (χ1) is 13.8. The third-order valence-electron chi connectivity index (χ3n) is 4.59. The van der Waals surface area contributed by atoms with Crippen molar-refractivity contribution in [2.75, 3.05) is 38.2 Å². The number of benzene rings is 2. The van der Waals surface area contributed by atoms with Gasteiger partial charge in [-0.05, 0) is 55.3 Å². The molecule has 0 radical (unpaired) electrons. The van der Waals surface area contributed by atoms with Crippen molar-refractivity contribution in [3.63, 3.8) is 0 Å². The molecule has 0 bridgehead atoms. The Morgan fingerprint density at radius 3 is 2.55 bits per heavy atom. The monoisotopic (exact) mass is 438 g/mol. The molecule has 0 saturated carbocycles. The predicted octanol–water partition coefficient (Wildman–Crippen LogP) is 3.00. The Balaban J connectivity index is 1.69. The topological polar surface area (TPSA) is 84.9 Å². The van der Waals surface area contributed by atoms with Crippen molar-refractivity contribution in [3.8, 4) is 5.75 Å². The van der Waals surface area contributed by atoms with Crippen LogP contribution in [0, 0.1) is 13.8 Å². The Morgan fingerprint density at radius 1 is 1.14 bits per heavy atom. The quantitative estimate of drug-likeness (QED) is 0.749. The second-order valence-corrected chi connectivity index (χ2v) is 9.09. The molecule has 0 unspecified atom stereocenters. The molecule has 0 aromatic heterocycles. The summed E-state index contributed by atoms with van der Waals surface area (Å²) in [7, 11) is -3.64. The average Bonchev–Trinajstić information content (AvgIpc) is 2.71. The van der Waals surface area contributed by atoms with Crippen molar-refractivity contribution in [2.45, 2.75) is 18.7 Å². The summed E-state index contributed by atoms with van der Waals surface area (Å²) in [5, 5.41) is 3.35. The fourth-order valence-electron chi connectivity index (χ4n) is 2.87. The van der Waals surface area contributed by atoms with Gasteiger partial charge < -0.3 is 14.8 Å². The third-order valence-corrected chi connectivity index (χ3v) is 6.91. The molecule has 0 aliphatic carbocycles. The molecule has 1 aliphatic rings. The lowest BCUT2D eigenvalue weighted by Crippen LogP contribution is -2.40. The SMILES string of the molecule is Cc1cc(OCC(=O)Nc2cc(S(=O)(=O)N3CCOCC3)ccc2C)ccc1Cl. The Hall–Kier alpha value is -2.13. The first-order valence-corrected chi connectivity index (χ1v) is 11.0. The van der Waals surface area contributed by atoms with Crippen LogP contribution in [0.15, 0.2) is 41.3 Å². The van der Waals surface area contributed by atoms with Crippen molar-refractivity contribution >= 4 is 33.2 Å². The zero-order chi connectivity index (χ0) is 21.0. The number of morpholine rings is 1. The molecule has 2 aromatic rings. The van der Waals surface area contributed by atoms with Gasteiger partial charge in [0.1, 0.15) is 5.75 Å². The van der Waals surface area contributed by atoms with Gasteiger partial charge in [0, 0.05) is 23.8 Å². The van der Waals surface area contributed by atoms with Crippen LogP contribution in [-0.2, 0) is 19.6 Å². The summed E-state index contributed by atoms with van der Waals surface area (Å²) in [6.07, 6.45) is 0. The second kappa shape index (κ2) is 9.13. The van der Waals surface area contributed by atoms with E-state index in [0.29, 0.717) is 42.8 Å². The van der Waals surface area contributed by atoms with Gasteiger partial charge in [-0.15, -0.1) is 0 Å². The lowest BCUT2D eigenvalue weighted by atomic mass is 10.2. The summed E-state index contributed by atoms with van der Waals surface area (Å²) < 4.78 is 37.8. The minimum absolute atomic E-state index is 0.134.